The fourth-order valence-electron chi connectivity index (χ4n) is 10.6. The molecule has 3 aromatic heterocycles. The van der Waals surface area contributed by atoms with Gasteiger partial charge >= 0.3 is 0 Å². The number of nitrogens with zero attached hydrogens (tertiary/aromatic N) is 3. The Labute approximate surface area is 374 Å². The molecule has 12 rings (SSSR count). The van der Waals surface area contributed by atoms with Crippen LogP contribution in [0.4, 0.5) is 17.2 Å². The maximum atomic E-state index is 6.75. The number of rotatable bonds is 8. The van der Waals surface area contributed by atoms with Crippen molar-refractivity contribution >= 4 is 96.8 Å². The molecule has 302 valence electrons. The Balaban J connectivity index is 1.19. The van der Waals surface area contributed by atoms with Crippen LogP contribution in [0.1, 0.15) is 0 Å². The van der Waals surface area contributed by atoms with Crippen LogP contribution in [0.2, 0.25) is 0 Å². The molecule has 0 N–H and O–H groups in total. The monoisotopic (exact) mass is 851 g/mol. The van der Waals surface area contributed by atoms with Gasteiger partial charge in [-0.15, -0.1) is 0 Å². The number of hydrogen-bond acceptors (Lipinski definition) is 4. The first-order chi connectivity index (χ1) is 31.8. The third-order valence-corrected chi connectivity index (χ3v) is 22.8. The van der Waals surface area contributed by atoms with Crippen molar-refractivity contribution < 1.29 is 4.42 Å². The summed E-state index contributed by atoms with van der Waals surface area (Å²) in [4.78, 5) is 12.6. The van der Waals surface area contributed by atoms with E-state index >= 15 is 0 Å². The second kappa shape index (κ2) is 15.5. The molecule has 0 fully saturated rings. The van der Waals surface area contributed by atoms with E-state index in [4.69, 9.17) is 14.4 Å². The van der Waals surface area contributed by atoms with Crippen molar-refractivity contribution in [1.29, 1.82) is 0 Å². The smallest absolute Gasteiger partial charge is 0.187 e. The van der Waals surface area contributed by atoms with Crippen LogP contribution in [0, 0.1) is 0 Å². The topological polar surface area (TPSA) is 42.2 Å². The second-order valence-corrected chi connectivity index (χ2v) is 24.0. The fourth-order valence-corrected chi connectivity index (χ4v) is 20.7. The van der Waals surface area contributed by atoms with Crippen LogP contribution in [0.15, 0.2) is 253 Å². The molecule has 6 heteroatoms. The highest BCUT2D eigenvalue weighted by Gasteiger charge is 2.51. The van der Waals surface area contributed by atoms with Crippen molar-refractivity contribution in [2.45, 2.75) is 0 Å². The van der Waals surface area contributed by atoms with Gasteiger partial charge in [0, 0.05) is 40.1 Å². The number of fused-ring (bicyclic) bond motifs is 6. The first-order valence-electron chi connectivity index (χ1n) is 21.8. The van der Waals surface area contributed by atoms with Gasteiger partial charge in [0.05, 0.1) is 5.69 Å². The lowest BCUT2D eigenvalue weighted by molar-refractivity contribution is 0.669. The van der Waals surface area contributed by atoms with Gasteiger partial charge in [0.2, 0.25) is 0 Å². The van der Waals surface area contributed by atoms with Crippen LogP contribution in [0.3, 0.4) is 0 Å². The van der Waals surface area contributed by atoms with E-state index in [1.54, 1.807) is 0 Å². The van der Waals surface area contributed by atoms with Crippen molar-refractivity contribution in [2.24, 2.45) is 0 Å². The molecule has 4 heterocycles. The fraction of sp³-hybridized carbons (Fsp3) is 0. The standard InChI is InChI=1S/C58H41N3OSi2/c1-5-22-44(23-6-1)63(45-24-7-2-8-25-45,48-30-17-20-42(40-48)51-33-15-16-38-59-51)49-31-18-21-43(41-49)61-52-36-37-54-56(50-32-13-14-34-53(50)62-54)57(52)64(46-26-9-3-10-27-46,47-28-11-4-12-29-47)55-35-19-39-60-58(55)61/h1-41H. The van der Waals surface area contributed by atoms with Gasteiger partial charge in [0.1, 0.15) is 17.0 Å². The highest BCUT2D eigenvalue weighted by molar-refractivity contribution is 7.22. The first-order valence-corrected chi connectivity index (χ1v) is 25.8. The van der Waals surface area contributed by atoms with Crippen molar-refractivity contribution in [3.63, 3.8) is 0 Å². The van der Waals surface area contributed by atoms with E-state index in [-0.39, 0.29) is 0 Å². The zero-order chi connectivity index (χ0) is 42.5. The zero-order valence-corrected chi connectivity index (χ0v) is 36.9. The Morgan fingerprint density at radius 2 is 1.03 bits per heavy atom. The molecule has 1 aliphatic rings. The summed E-state index contributed by atoms with van der Waals surface area (Å²) in [6.07, 6.45) is 3.83. The Morgan fingerprint density at radius 3 is 1.72 bits per heavy atom. The summed E-state index contributed by atoms with van der Waals surface area (Å²) in [5.41, 5.74) is 6.00. The molecule has 0 saturated carbocycles. The van der Waals surface area contributed by atoms with Crippen LogP contribution in [0.25, 0.3) is 33.2 Å². The molecule has 4 nitrogen and oxygen atoms in total. The zero-order valence-electron chi connectivity index (χ0n) is 34.9. The average molecular weight is 852 g/mol. The first kappa shape index (κ1) is 37.8. The van der Waals surface area contributed by atoms with E-state index in [9.17, 15) is 0 Å². The molecule has 0 amide bonds. The van der Waals surface area contributed by atoms with Gasteiger partial charge in [-0.25, -0.2) is 4.98 Å². The minimum atomic E-state index is -3.10. The van der Waals surface area contributed by atoms with Gasteiger partial charge in [-0.1, -0.05) is 188 Å². The Bertz CT molecular complexity index is 3370. The van der Waals surface area contributed by atoms with Crippen LogP contribution in [-0.4, -0.2) is 26.1 Å². The van der Waals surface area contributed by atoms with Gasteiger partial charge in [0.25, 0.3) is 0 Å². The van der Waals surface area contributed by atoms with Crippen LogP contribution >= 0.6 is 0 Å². The summed E-state index contributed by atoms with van der Waals surface area (Å²) in [6, 6.07) is 86.6. The number of furan rings is 1. The summed E-state index contributed by atoms with van der Waals surface area (Å²) in [7, 11) is -6.13. The lowest BCUT2D eigenvalue weighted by Gasteiger charge is -2.44. The second-order valence-electron chi connectivity index (χ2n) is 16.5. The van der Waals surface area contributed by atoms with E-state index in [1.807, 2.05) is 18.5 Å². The van der Waals surface area contributed by atoms with E-state index in [0.29, 0.717) is 0 Å². The van der Waals surface area contributed by atoms with E-state index < -0.39 is 16.1 Å². The molecule has 1 aliphatic heterocycles. The number of pyridine rings is 2. The highest BCUT2D eigenvalue weighted by atomic mass is 28.3. The lowest BCUT2D eigenvalue weighted by Crippen LogP contribution is -2.77. The maximum absolute atomic E-state index is 6.75. The van der Waals surface area contributed by atoms with E-state index in [2.05, 4.69) is 235 Å². The highest BCUT2D eigenvalue weighted by Crippen LogP contribution is 2.41. The van der Waals surface area contributed by atoms with E-state index in [0.717, 1.165) is 50.4 Å². The summed E-state index contributed by atoms with van der Waals surface area (Å²) < 4.78 is 6.75. The molecule has 0 radical (unpaired) electrons. The SMILES string of the molecule is c1ccc([Si](c2ccccc2)(c2cccc(-c3ccccn3)c2)c2cccc(N3c4ccc5oc6ccccc6c5c4[Si](c4ccccc4)(c4ccccc4)c4cccnc43)c2)cc1. The van der Waals surface area contributed by atoms with Crippen molar-refractivity contribution in [3.8, 4) is 11.3 Å². The van der Waals surface area contributed by atoms with Gasteiger partial charge in [-0.3, -0.25) is 9.88 Å². The summed E-state index contributed by atoms with van der Waals surface area (Å²) in [5, 5.41) is 12.6. The van der Waals surface area contributed by atoms with Gasteiger partial charge in [0.15, 0.2) is 16.1 Å². The number of para-hydroxylation sites is 1. The van der Waals surface area contributed by atoms with Crippen LogP contribution in [-0.2, 0) is 0 Å². The number of aromatic nitrogens is 2. The molecule has 0 atom stereocenters. The molecule has 0 aliphatic carbocycles. The quantitative estimate of drug-likeness (QED) is 0.114. The normalized spacial score (nSPS) is 13.1. The molecular weight excluding hydrogens is 811 g/mol. The van der Waals surface area contributed by atoms with Crippen molar-refractivity contribution in [3.05, 3.63) is 249 Å². The molecule has 0 spiro atoms. The molecule has 0 saturated heterocycles. The molecule has 0 bridgehead atoms. The minimum absolute atomic E-state index is 0.884. The molecule has 11 aromatic rings. The minimum Gasteiger partial charge on any atom is -0.456 e. The number of benzene rings is 8. The molecule has 64 heavy (non-hydrogen) atoms. The largest absolute Gasteiger partial charge is 0.456 e. The predicted octanol–water partition coefficient (Wildman–Crippen LogP) is 8.58. The van der Waals surface area contributed by atoms with Gasteiger partial charge < -0.3 is 4.42 Å². The number of anilines is 3. The van der Waals surface area contributed by atoms with Crippen molar-refractivity contribution in [1.82, 2.24) is 9.97 Å². The van der Waals surface area contributed by atoms with Gasteiger partial charge in [-0.2, -0.15) is 0 Å². The Kier molecular flexibility index (Phi) is 9.14. The third kappa shape index (κ3) is 5.73. The summed E-state index contributed by atoms with van der Waals surface area (Å²) in [5.74, 6) is 0.947. The van der Waals surface area contributed by atoms with E-state index in [1.165, 1.54) is 41.5 Å². The van der Waals surface area contributed by atoms with Crippen LogP contribution in [0.5, 0.6) is 0 Å². The van der Waals surface area contributed by atoms with Crippen LogP contribution < -0.4 is 46.4 Å². The third-order valence-electron chi connectivity index (χ3n) is 13.2. The Hall–Kier alpha value is -7.91. The summed E-state index contributed by atoms with van der Waals surface area (Å²) in [6.45, 7) is 0. The Morgan fingerprint density at radius 1 is 0.438 bits per heavy atom. The molecule has 0 unspecified atom stereocenters. The molecule has 8 aromatic carbocycles. The number of hydrogen-bond donors (Lipinski definition) is 0. The van der Waals surface area contributed by atoms with Crippen molar-refractivity contribution in [2.75, 3.05) is 4.90 Å². The predicted molar refractivity (Wildman–Crippen MR) is 270 cm³/mol. The lowest BCUT2D eigenvalue weighted by atomic mass is 10.1. The summed E-state index contributed by atoms with van der Waals surface area (Å²) >= 11 is 0. The average Bonchev–Trinajstić information content (AvgIpc) is 3.77. The maximum Gasteiger partial charge on any atom is 0.187 e. The van der Waals surface area contributed by atoms with Gasteiger partial charge in [-0.05, 0) is 90.0 Å². The molecular formula is C58H41N3OSi2.